The highest BCUT2D eigenvalue weighted by Gasteiger charge is 2.33. The van der Waals surface area contributed by atoms with Crippen molar-refractivity contribution in [2.24, 2.45) is 0 Å². The van der Waals surface area contributed by atoms with Crippen molar-refractivity contribution in [3.8, 4) is 5.75 Å². The molecule has 0 bridgehead atoms. The second kappa shape index (κ2) is 10.7. The fourth-order valence-electron chi connectivity index (χ4n) is 3.37. The molecule has 1 aliphatic rings. The molecule has 7 nitrogen and oxygen atoms in total. The Kier molecular flexibility index (Phi) is 4.19. The minimum Gasteiger partial charge on any atom is -0.496 e. The van der Waals surface area contributed by atoms with Crippen LogP contribution in [0.15, 0.2) is 42.3 Å². The average molecular weight is 501 g/mol. The van der Waals surface area contributed by atoms with Gasteiger partial charge in [0, 0.05) is 45.0 Å². The zero-order valence-corrected chi connectivity index (χ0v) is 19.9. The van der Waals surface area contributed by atoms with Gasteiger partial charge in [-0.3, -0.25) is 14.6 Å². The molecule has 0 radical (unpaired) electrons. The third-order valence-electron chi connectivity index (χ3n) is 5.05. The molecule has 0 aliphatic carbocycles. The van der Waals surface area contributed by atoms with Crippen molar-refractivity contribution in [1.29, 1.82) is 0 Å². The average Bonchev–Trinajstić information content (AvgIpc) is 3.25. The van der Waals surface area contributed by atoms with Crippen molar-refractivity contribution in [2.75, 3.05) is 25.5 Å². The first kappa shape index (κ1) is 13.4. The molecule has 0 unspecified atom stereocenters. The second-order valence-electron chi connectivity index (χ2n) is 8.63. The number of amides is 2. The molecule has 34 heavy (non-hydrogen) atoms. The molecule has 0 spiro atoms. The van der Waals surface area contributed by atoms with Gasteiger partial charge in [0.15, 0.2) is 0 Å². The molecule has 1 saturated heterocycles. The van der Waals surface area contributed by atoms with Crippen LogP contribution in [0.2, 0.25) is 5.02 Å². The largest absolute Gasteiger partial charge is 0.496 e. The SMILES string of the molecule is [2H]c1c([2H])c([2H])c(C([2H])([2H])N2CC[C@H](NC(=O)c3cc(Cl)c(N(C(=O)OC(C)(C)C)C([2H])([2H])[2H])cc3OC([2H])([2H])[2H])[C@@H]2C)c([2H])c1[2H]. The van der Waals surface area contributed by atoms with Crippen molar-refractivity contribution in [3.05, 3.63) is 58.5 Å². The Morgan fingerprint density at radius 3 is 2.71 bits per heavy atom. The first-order valence-corrected chi connectivity index (χ1v) is 10.8. The number of hydrogen-bond acceptors (Lipinski definition) is 5. The van der Waals surface area contributed by atoms with Crippen molar-refractivity contribution in [3.63, 3.8) is 0 Å². The molecule has 2 aromatic rings. The quantitative estimate of drug-likeness (QED) is 0.596. The van der Waals surface area contributed by atoms with Gasteiger partial charge < -0.3 is 14.8 Å². The highest BCUT2D eigenvalue weighted by atomic mass is 35.5. The molecule has 2 aromatic carbocycles. The maximum atomic E-state index is 13.6. The van der Waals surface area contributed by atoms with Crippen molar-refractivity contribution < 1.29 is 36.9 Å². The lowest BCUT2D eigenvalue weighted by Gasteiger charge is -2.26. The summed E-state index contributed by atoms with van der Waals surface area (Å²) in [6.07, 6.45) is -1.19. The predicted octanol–water partition coefficient (Wildman–Crippen LogP) is 5.11. The van der Waals surface area contributed by atoms with Crippen molar-refractivity contribution in [2.45, 2.75) is 58.3 Å². The van der Waals surface area contributed by atoms with E-state index >= 15 is 0 Å². The number of ether oxygens (including phenoxy) is 2. The van der Waals surface area contributed by atoms with E-state index in [1.807, 2.05) is 0 Å². The molecule has 3 rings (SSSR count). The van der Waals surface area contributed by atoms with Crippen LogP contribution < -0.4 is 15.0 Å². The summed E-state index contributed by atoms with van der Waals surface area (Å²) in [5.41, 5.74) is -2.65. The van der Waals surface area contributed by atoms with Gasteiger partial charge in [-0.2, -0.15) is 0 Å². The van der Waals surface area contributed by atoms with Crippen LogP contribution in [0.25, 0.3) is 0 Å². The van der Waals surface area contributed by atoms with Crippen LogP contribution in [-0.4, -0.2) is 55.1 Å². The number of rotatable bonds is 6. The number of benzene rings is 2. The Morgan fingerprint density at radius 1 is 1.32 bits per heavy atom. The number of likely N-dealkylation sites (tertiary alicyclic amines) is 1. The van der Waals surface area contributed by atoms with Gasteiger partial charge >= 0.3 is 6.09 Å². The van der Waals surface area contributed by atoms with Gasteiger partial charge in [-0.1, -0.05) is 41.8 Å². The molecule has 184 valence electrons. The van der Waals surface area contributed by atoms with E-state index in [4.69, 9.17) is 38.9 Å². The van der Waals surface area contributed by atoms with Crippen LogP contribution in [0.4, 0.5) is 10.5 Å². The third-order valence-corrected chi connectivity index (χ3v) is 5.35. The fraction of sp³-hybridized carbons (Fsp3) is 0.462. The number of halogens is 1. The van der Waals surface area contributed by atoms with Crippen LogP contribution in [0.5, 0.6) is 5.75 Å². The highest BCUT2D eigenvalue weighted by Crippen LogP contribution is 2.34. The standard InChI is InChI=1S/C26H34ClN3O4/c1-17-21(12-13-30(17)16-18-10-8-7-9-11-18)28-24(31)19-14-20(27)22(15-23(19)33-6)29(5)25(32)34-26(2,3)4/h7-11,14-15,17,21H,12-13,16H2,1-6H3,(H,28,31)/t17-,21-/m0/s1/i5D3,6D3,7D,8D,9D,10D,11D,16D2. The Labute approximate surface area is 225 Å². The maximum Gasteiger partial charge on any atom is 0.414 e. The van der Waals surface area contributed by atoms with E-state index in [1.54, 1.807) is 6.92 Å². The van der Waals surface area contributed by atoms with Crippen molar-refractivity contribution >= 4 is 29.3 Å². The van der Waals surface area contributed by atoms with Crippen LogP contribution in [-0.2, 0) is 11.2 Å². The number of methoxy groups -OCH3 is 1. The summed E-state index contributed by atoms with van der Waals surface area (Å²) < 4.78 is 114. The molecule has 1 N–H and O–H groups in total. The van der Waals surface area contributed by atoms with E-state index in [1.165, 1.54) is 25.7 Å². The van der Waals surface area contributed by atoms with E-state index in [9.17, 15) is 9.59 Å². The third kappa shape index (κ3) is 6.21. The summed E-state index contributed by atoms with van der Waals surface area (Å²) in [7, 11) is -3.13. The van der Waals surface area contributed by atoms with Crippen LogP contribution in [0.1, 0.15) is 67.9 Å². The number of carbonyl (C=O) groups excluding carboxylic acids is 2. The van der Waals surface area contributed by atoms with Gasteiger partial charge in [-0.15, -0.1) is 0 Å². The minimum atomic E-state index is -3.16. The van der Waals surface area contributed by atoms with E-state index in [2.05, 4.69) is 5.32 Å². The van der Waals surface area contributed by atoms with E-state index in [-0.39, 0.29) is 17.9 Å². The summed E-state index contributed by atoms with van der Waals surface area (Å²) in [4.78, 5) is 28.0. The lowest BCUT2D eigenvalue weighted by Crippen LogP contribution is -2.43. The molecule has 1 heterocycles. The van der Waals surface area contributed by atoms with Crippen molar-refractivity contribution in [1.82, 2.24) is 10.2 Å². The highest BCUT2D eigenvalue weighted by molar-refractivity contribution is 6.34. The summed E-state index contributed by atoms with van der Waals surface area (Å²) in [5, 5.41) is 2.23. The Bertz CT molecular complexity index is 1530. The first-order chi connectivity index (χ1) is 21.2. The number of carbonyl (C=O) groups is 2. The summed E-state index contributed by atoms with van der Waals surface area (Å²) in [6, 6.07) is -3.36. The zero-order valence-electron chi connectivity index (χ0n) is 32.1. The molecule has 2 atom stereocenters. The van der Waals surface area contributed by atoms with Gasteiger partial charge in [0.05, 0.1) is 34.3 Å². The number of hydrogen-bond donors (Lipinski definition) is 1. The molecule has 8 heteroatoms. The molecular formula is C26H34ClN3O4. The normalized spacial score (nSPS) is 25.1. The van der Waals surface area contributed by atoms with E-state index < -0.39 is 108 Å². The summed E-state index contributed by atoms with van der Waals surface area (Å²) in [5.74, 6) is -1.57. The van der Waals surface area contributed by atoms with Crippen LogP contribution >= 0.6 is 11.6 Å². The topological polar surface area (TPSA) is 71.1 Å². The Balaban J connectivity index is 2.00. The fourth-order valence-corrected chi connectivity index (χ4v) is 3.62. The monoisotopic (exact) mass is 500 g/mol. The summed E-state index contributed by atoms with van der Waals surface area (Å²) >= 11 is 6.38. The van der Waals surface area contributed by atoms with Gasteiger partial charge in [-0.25, -0.2) is 4.79 Å². The maximum absolute atomic E-state index is 13.6. The van der Waals surface area contributed by atoms with Crippen LogP contribution in [0, 0.1) is 0 Å². The molecule has 0 aromatic heterocycles. The van der Waals surface area contributed by atoms with Gasteiger partial charge in [0.1, 0.15) is 11.4 Å². The molecular weight excluding hydrogens is 454 g/mol. The lowest BCUT2D eigenvalue weighted by atomic mass is 10.1. The predicted molar refractivity (Wildman–Crippen MR) is 135 cm³/mol. The second-order valence-corrected chi connectivity index (χ2v) is 9.04. The number of nitrogens with one attached hydrogen (secondary N) is 1. The number of anilines is 1. The van der Waals surface area contributed by atoms with Crippen LogP contribution in [0.3, 0.4) is 0 Å². The smallest absolute Gasteiger partial charge is 0.414 e. The zero-order chi connectivity index (χ0) is 36.2. The van der Waals surface area contributed by atoms with Gasteiger partial charge in [0.25, 0.3) is 5.91 Å². The lowest BCUT2D eigenvalue weighted by molar-refractivity contribution is 0.0589. The Morgan fingerprint density at radius 2 is 2.06 bits per heavy atom. The Hall–Kier alpha value is -2.77. The summed E-state index contributed by atoms with van der Waals surface area (Å²) in [6.45, 7) is 0.326. The van der Waals surface area contributed by atoms with Gasteiger partial charge in [0.2, 0.25) is 0 Å². The molecule has 1 fully saturated rings. The van der Waals surface area contributed by atoms with E-state index in [0.29, 0.717) is 0 Å². The minimum absolute atomic E-state index is 0.0109. The first-order valence-electron chi connectivity index (χ1n) is 16.9. The van der Waals surface area contributed by atoms with Gasteiger partial charge in [-0.05, 0) is 45.7 Å². The number of nitrogens with zero attached hydrogens (tertiary/aromatic N) is 2. The molecule has 2 amide bonds. The van der Waals surface area contributed by atoms with E-state index in [0.717, 1.165) is 12.1 Å². The molecule has 0 saturated carbocycles. The molecule has 1 aliphatic heterocycles.